The lowest BCUT2D eigenvalue weighted by Gasteiger charge is -2.39. The molecular weight excluding hydrogens is 361 g/mol. The van der Waals surface area contributed by atoms with Crippen molar-refractivity contribution in [2.45, 2.75) is 38.1 Å². The third-order valence-corrected chi connectivity index (χ3v) is 5.34. The second kappa shape index (κ2) is 6.67. The van der Waals surface area contributed by atoms with E-state index in [1.165, 1.54) is 6.42 Å². The molecule has 0 aliphatic heterocycles. The average Bonchev–Trinajstić information content (AvgIpc) is 2.41. The normalized spacial score (nSPS) is 26.3. The SMILES string of the molecule is CC1CCCC(CCl)(NC(=O)c2cc(Cl)ccc2Br)C1. The molecule has 2 unspecified atom stereocenters. The van der Waals surface area contributed by atoms with Crippen molar-refractivity contribution in [1.29, 1.82) is 0 Å². The van der Waals surface area contributed by atoms with E-state index in [2.05, 4.69) is 28.2 Å². The van der Waals surface area contributed by atoms with Crippen LogP contribution < -0.4 is 5.32 Å². The van der Waals surface area contributed by atoms with E-state index in [0.717, 1.165) is 23.7 Å². The van der Waals surface area contributed by atoms with Gasteiger partial charge in [0.1, 0.15) is 0 Å². The molecule has 1 N–H and O–H groups in total. The van der Waals surface area contributed by atoms with Crippen LogP contribution in [0.4, 0.5) is 0 Å². The highest BCUT2D eigenvalue weighted by molar-refractivity contribution is 9.10. The molecule has 1 aliphatic rings. The number of nitrogens with one attached hydrogen (secondary N) is 1. The Balaban J connectivity index is 2.19. The van der Waals surface area contributed by atoms with Crippen molar-refractivity contribution in [3.05, 3.63) is 33.3 Å². The van der Waals surface area contributed by atoms with Crippen molar-refractivity contribution < 1.29 is 4.79 Å². The summed E-state index contributed by atoms with van der Waals surface area (Å²) in [6, 6.07) is 5.21. The zero-order chi connectivity index (χ0) is 14.8. The Morgan fingerprint density at radius 2 is 2.30 bits per heavy atom. The van der Waals surface area contributed by atoms with E-state index in [1.54, 1.807) is 18.2 Å². The lowest BCUT2D eigenvalue weighted by atomic mass is 9.77. The van der Waals surface area contributed by atoms with Crippen LogP contribution in [0, 0.1) is 5.92 Å². The Morgan fingerprint density at radius 1 is 1.55 bits per heavy atom. The van der Waals surface area contributed by atoms with Crippen LogP contribution >= 0.6 is 39.1 Å². The lowest BCUT2D eigenvalue weighted by Crippen LogP contribution is -2.52. The zero-order valence-corrected chi connectivity index (χ0v) is 14.5. The summed E-state index contributed by atoms with van der Waals surface area (Å²) >= 11 is 15.5. The van der Waals surface area contributed by atoms with Gasteiger partial charge in [-0.25, -0.2) is 0 Å². The number of carbonyl (C=O) groups is 1. The maximum atomic E-state index is 12.5. The van der Waals surface area contributed by atoms with Crippen molar-refractivity contribution in [3.63, 3.8) is 0 Å². The molecule has 0 heterocycles. The fourth-order valence-corrected chi connectivity index (χ4v) is 3.82. The van der Waals surface area contributed by atoms with Crippen molar-refractivity contribution in [1.82, 2.24) is 5.32 Å². The highest BCUT2D eigenvalue weighted by Crippen LogP contribution is 2.34. The average molecular weight is 379 g/mol. The summed E-state index contributed by atoms with van der Waals surface area (Å²) in [4.78, 5) is 12.5. The minimum Gasteiger partial charge on any atom is -0.345 e. The molecule has 1 aromatic rings. The molecule has 0 radical (unpaired) electrons. The number of amides is 1. The number of carbonyl (C=O) groups excluding carboxylic acids is 1. The van der Waals surface area contributed by atoms with Crippen molar-refractivity contribution in [2.75, 3.05) is 5.88 Å². The van der Waals surface area contributed by atoms with Gasteiger partial charge in [-0.2, -0.15) is 0 Å². The third kappa shape index (κ3) is 3.69. The van der Waals surface area contributed by atoms with Gasteiger partial charge < -0.3 is 5.32 Å². The molecule has 1 fully saturated rings. The molecular formula is C15H18BrCl2NO. The van der Waals surface area contributed by atoms with E-state index < -0.39 is 0 Å². The maximum Gasteiger partial charge on any atom is 0.252 e. The van der Waals surface area contributed by atoms with E-state index in [1.807, 2.05) is 0 Å². The molecule has 110 valence electrons. The van der Waals surface area contributed by atoms with E-state index in [0.29, 0.717) is 22.4 Å². The molecule has 1 amide bonds. The minimum absolute atomic E-state index is 0.117. The van der Waals surface area contributed by atoms with Gasteiger partial charge in [0.25, 0.3) is 5.91 Å². The van der Waals surface area contributed by atoms with Gasteiger partial charge in [0, 0.05) is 15.4 Å². The molecule has 0 saturated heterocycles. The number of benzene rings is 1. The summed E-state index contributed by atoms with van der Waals surface area (Å²) in [6.07, 6.45) is 4.17. The lowest BCUT2D eigenvalue weighted by molar-refractivity contribution is 0.0866. The van der Waals surface area contributed by atoms with Crippen LogP contribution in [0.5, 0.6) is 0 Å². The van der Waals surface area contributed by atoms with Crippen LogP contribution in [-0.2, 0) is 0 Å². The Bertz CT molecular complexity index is 509. The summed E-state index contributed by atoms with van der Waals surface area (Å²) in [7, 11) is 0. The molecule has 5 heteroatoms. The van der Waals surface area contributed by atoms with Crippen LogP contribution in [0.3, 0.4) is 0 Å². The van der Waals surface area contributed by atoms with Gasteiger partial charge in [-0.1, -0.05) is 31.4 Å². The Morgan fingerprint density at radius 3 is 2.95 bits per heavy atom. The first kappa shape index (κ1) is 16.1. The molecule has 0 bridgehead atoms. The van der Waals surface area contributed by atoms with E-state index in [4.69, 9.17) is 23.2 Å². The third-order valence-electron chi connectivity index (χ3n) is 3.90. The quantitative estimate of drug-likeness (QED) is 0.735. The second-order valence-corrected chi connectivity index (χ2v) is 7.25. The number of alkyl halides is 1. The zero-order valence-electron chi connectivity index (χ0n) is 11.4. The Labute approximate surface area is 138 Å². The van der Waals surface area contributed by atoms with Gasteiger partial charge in [-0.05, 0) is 52.9 Å². The first-order valence-corrected chi connectivity index (χ1v) is 8.50. The fraction of sp³-hybridized carbons (Fsp3) is 0.533. The molecule has 1 aliphatic carbocycles. The monoisotopic (exact) mass is 377 g/mol. The second-order valence-electron chi connectivity index (χ2n) is 5.69. The van der Waals surface area contributed by atoms with Crippen LogP contribution in [0.2, 0.25) is 5.02 Å². The first-order chi connectivity index (χ1) is 9.46. The van der Waals surface area contributed by atoms with Gasteiger partial charge >= 0.3 is 0 Å². The smallest absolute Gasteiger partial charge is 0.252 e. The van der Waals surface area contributed by atoms with Crippen molar-refractivity contribution in [2.24, 2.45) is 5.92 Å². The first-order valence-electron chi connectivity index (χ1n) is 6.79. The van der Waals surface area contributed by atoms with Gasteiger partial charge in [0.2, 0.25) is 0 Å². The summed E-state index contributed by atoms with van der Waals surface area (Å²) in [5.41, 5.74) is 0.262. The number of halogens is 3. The molecule has 1 aromatic carbocycles. The van der Waals surface area contributed by atoms with Crippen LogP contribution in [0.1, 0.15) is 43.0 Å². The van der Waals surface area contributed by atoms with E-state index >= 15 is 0 Å². The summed E-state index contributed by atoms with van der Waals surface area (Å²) in [5.74, 6) is 0.918. The highest BCUT2D eigenvalue weighted by Gasteiger charge is 2.36. The van der Waals surface area contributed by atoms with Gasteiger partial charge in [-0.3, -0.25) is 4.79 Å². The van der Waals surface area contributed by atoms with Gasteiger partial charge in [0.05, 0.1) is 11.1 Å². The minimum atomic E-state index is -0.294. The van der Waals surface area contributed by atoms with Crippen LogP contribution in [-0.4, -0.2) is 17.3 Å². The molecule has 2 nitrogen and oxygen atoms in total. The summed E-state index contributed by atoms with van der Waals surface area (Å²) < 4.78 is 0.744. The van der Waals surface area contributed by atoms with Crippen molar-refractivity contribution >= 4 is 45.0 Å². The highest BCUT2D eigenvalue weighted by atomic mass is 79.9. The fourth-order valence-electron chi connectivity index (χ4n) is 2.91. The van der Waals surface area contributed by atoms with Crippen molar-refractivity contribution in [3.8, 4) is 0 Å². The summed E-state index contributed by atoms with van der Waals surface area (Å²) in [6.45, 7) is 2.21. The topological polar surface area (TPSA) is 29.1 Å². The Hall–Kier alpha value is -0.250. The molecule has 2 atom stereocenters. The molecule has 20 heavy (non-hydrogen) atoms. The van der Waals surface area contributed by atoms with E-state index in [-0.39, 0.29) is 11.4 Å². The predicted octanol–water partition coefficient (Wildman–Crippen LogP) is 5.02. The van der Waals surface area contributed by atoms with Gasteiger partial charge in [0.15, 0.2) is 0 Å². The van der Waals surface area contributed by atoms with E-state index in [9.17, 15) is 4.79 Å². The maximum absolute atomic E-state index is 12.5. The summed E-state index contributed by atoms with van der Waals surface area (Å²) in [5, 5.41) is 3.69. The molecule has 2 rings (SSSR count). The number of hydrogen-bond donors (Lipinski definition) is 1. The largest absolute Gasteiger partial charge is 0.345 e. The number of hydrogen-bond acceptors (Lipinski definition) is 1. The molecule has 1 saturated carbocycles. The molecule has 0 aromatic heterocycles. The predicted molar refractivity (Wildman–Crippen MR) is 87.7 cm³/mol. The molecule has 0 spiro atoms. The Kier molecular flexibility index (Phi) is 5.38. The standard InChI is InChI=1S/C15H18BrCl2NO/c1-10-3-2-6-15(8-10,9-17)19-14(20)12-7-11(18)4-5-13(12)16/h4-5,7,10H,2-3,6,8-9H2,1H3,(H,19,20). The van der Waals surface area contributed by atoms with Gasteiger partial charge in [-0.15, -0.1) is 11.6 Å². The van der Waals surface area contributed by atoms with Crippen LogP contribution in [0.15, 0.2) is 22.7 Å². The number of rotatable bonds is 3. The van der Waals surface area contributed by atoms with Crippen LogP contribution in [0.25, 0.3) is 0 Å².